The number of rotatable bonds is 8. The molecule has 1 N–H and O–H groups in total. The lowest BCUT2D eigenvalue weighted by Crippen LogP contribution is -2.38. The van der Waals surface area contributed by atoms with Crippen molar-refractivity contribution in [3.63, 3.8) is 0 Å². The number of aliphatic carboxylic acids is 1. The van der Waals surface area contributed by atoms with E-state index in [-0.39, 0.29) is 6.42 Å². The molecule has 2 aromatic heterocycles. The fourth-order valence-electron chi connectivity index (χ4n) is 5.11. The van der Waals surface area contributed by atoms with E-state index in [1.54, 1.807) is 0 Å². The van der Waals surface area contributed by atoms with Gasteiger partial charge in [0.15, 0.2) is 0 Å². The predicted octanol–water partition coefficient (Wildman–Crippen LogP) is 5.85. The Morgan fingerprint density at radius 2 is 1.69 bits per heavy atom. The van der Waals surface area contributed by atoms with E-state index in [9.17, 15) is 9.90 Å². The van der Waals surface area contributed by atoms with E-state index in [1.165, 1.54) is 0 Å². The molecule has 0 unspecified atom stereocenters. The SMILES string of the molecule is Cc1noc(C)c1CCOc1ccc(-c2c(C)nc(C)c(CC(=O)O)c2N2CCC(C)(C)CC2)cc1. The maximum Gasteiger partial charge on any atom is 0.307 e. The van der Waals surface area contributed by atoms with Gasteiger partial charge in [0, 0.05) is 47.6 Å². The van der Waals surface area contributed by atoms with E-state index < -0.39 is 5.97 Å². The van der Waals surface area contributed by atoms with Crippen LogP contribution >= 0.6 is 0 Å². The van der Waals surface area contributed by atoms with Crippen LogP contribution in [0.3, 0.4) is 0 Å². The van der Waals surface area contributed by atoms with Crippen LogP contribution in [0.5, 0.6) is 5.75 Å². The molecule has 7 nitrogen and oxygen atoms in total. The summed E-state index contributed by atoms with van der Waals surface area (Å²) in [6.07, 6.45) is 2.83. The molecular formula is C29H37N3O4. The van der Waals surface area contributed by atoms with Crippen LogP contribution in [0.2, 0.25) is 0 Å². The zero-order valence-corrected chi connectivity index (χ0v) is 22.3. The number of hydrogen-bond acceptors (Lipinski definition) is 6. The summed E-state index contributed by atoms with van der Waals surface area (Å²) in [6, 6.07) is 8.04. The third kappa shape index (κ3) is 5.55. The number of carbonyl (C=O) groups is 1. The molecule has 3 heterocycles. The second-order valence-electron chi connectivity index (χ2n) is 10.6. The van der Waals surface area contributed by atoms with Gasteiger partial charge < -0.3 is 19.3 Å². The molecular weight excluding hydrogens is 454 g/mol. The zero-order chi connectivity index (χ0) is 26.0. The summed E-state index contributed by atoms with van der Waals surface area (Å²) in [6.45, 7) is 14.7. The number of carboxylic acid groups (broad SMARTS) is 1. The Hall–Kier alpha value is -3.35. The predicted molar refractivity (Wildman–Crippen MR) is 141 cm³/mol. The number of pyridine rings is 1. The van der Waals surface area contributed by atoms with Crippen LogP contribution in [0.15, 0.2) is 28.8 Å². The Morgan fingerprint density at radius 1 is 1.03 bits per heavy atom. The summed E-state index contributed by atoms with van der Waals surface area (Å²) in [5.41, 5.74) is 7.85. The molecule has 1 aliphatic rings. The first-order valence-electron chi connectivity index (χ1n) is 12.7. The number of aryl methyl sites for hydroxylation is 4. The molecule has 0 aliphatic carbocycles. The molecule has 0 atom stereocenters. The Labute approximate surface area is 213 Å². The van der Waals surface area contributed by atoms with Gasteiger partial charge in [-0.15, -0.1) is 0 Å². The average molecular weight is 492 g/mol. The van der Waals surface area contributed by atoms with Crippen molar-refractivity contribution in [1.82, 2.24) is 10.1 Å². The van der Waals surface area contributed by atoms with Crippen LogP contribution in [-0.4, -0.2) is 40.9 Å². The van der Waals surface area contributed by atoms with E-state index in [2.05, 4.69) is 23.9 Å². The third-order valence-electron chi connectivity index (χ3n) is 7.36. The summed E-state index contributed by atoms with van der Waals surface area (Å²) in [5.74, 6) is 0.783. The normalized spacial score (nSPS) is 15.2. The highest BCUT2D eigenvalue weighted by atomic mass is 16.5. The number of aromatic nitrogens is 2. The number of anilines is 1. The van der Waals surface area contributed by atoms with E-state index in [1.807, 2.05) is 52.0 Å². The van der Waals surface area contributed by atoms with Gasteiger partial charge in [0.2, 0.25) is 0 Å². The van der Waals surface area contributed by atoms with Crippen LogP contribution in [-0.2, 0) is 17.6 Å². The Morgan fingerprint density at radius 3 is 2.28 bits per heavy atom. The van der Waals surface area contributed by atoms with E-state index in [4.69, 9.17) is 14.2 Å². The minimum absolute atomic E-state index is 0.0375. The molecule has 1 saturated heterocycles. The van der Waals surface area contributed by atoms with Gasteiger partial charge in [-0.3, -0.25) is 9.78 Å². The Kier molecular flexibility index (Phi) is 7.38. The maximum absolute atomic E-state index is 11.8. The smallest absolute Gasteiger partial charge is 0.307 e. The fourth-order valence-corrected chi connectivity index (χ4v) is 5.11. The van der Waals surface area contributed by atoms with Crippen LogP contribution in [0.1, 0.15) is 60.7 Å². The highest BCUT2D eigenvalue weighted by Crippen LogP contribution is 2.41. The van der Waals surface area contributed by atoms with Gasteiger partial charge >= 0.3 is 5.97 Å². The number of benzene rings is 1. The minimum Gasteiger partial charge on any atom is -0.493 e. The number of hydrogen-bond donors (Lipinski definition) is 1. The van der Waals surface area contributed by atoms with Gasteiger partial charge in [0.1, 0.15) is 11.5 Å². The summed E-state index contributed by atoms with van der Waals surface area (Å²) >= 11 is 0. The number of nitrogens with zero attached hydrogens (tertiary/aromatic N) is 3. The van der Waals surface area contributed by atoms with Gasteiger partial charge in [-0.25, -0.2) is 0 Å². The van der Waals surface area contributed by atoms with Crippen molar-refractivity contribution in [3.8, 4) is 16.9 Å². The standard InChI is InChI=1S/C29H37N3O4/c1-18-25(17-26(33)34)28(32-14-12-29(5,6)13-15-32)27(20(3)30-18)22-7-9-23(10-8-22)35-16-11-24-19(2)31-36-21(24)4/h7-10H,11-17H2,1-6H3,(H,33,34). The molecule has 0 bridgehead atoms. The van der Waals surface area contributed by atoms with Gasteiger partial charge in [0.05, 0.1) is 24.4 Å². The lowest BCUT2D eigenvalue weighted by Gasteiger charge is -2.40. The minimum atomic E-state index is -0.838. The van der Waals surface area contributed by atoms with Crippen LogP contribution < -0.4 is 9.64 Å². The average Bonchev–Trinajstić information content (AvgIpc) is 3.13. The van der Waals surface area contributed by atoms with Crippen molar-refractivity contribution in [1.29, 1.82) is 0 Å². The van der Waals surface area contributed by atoms with Crippen molar-refractivity contribution in [3.05, 3.63) is 58.2 Å². The second-order valence-corrected chi connectivity index (χ2v) is 10.6. The van der Waals surface area contributed by atoms with E-state index >= 15 is 0 Å². The molecule has 1 aromatic carbocycles. The summed E-state index contributed by atoms with van der Waals surface area (Å²) in [7, 11) is 0. The molecule has 0 spiro atoms. The lowest BCUT2D eigenvalue weighted by molar-refractivity contribution is -0.136. The van der Waals surface area contributed by atoms with E-state index in [0.717, 1.165) is 88.9 Å². The van der Waals surface area contributed by atoms with Gasteiger partial charge in [-0.1, -0.05) is 31.1 Å². The van der Waals surface area contributed by atoms with Crippen LogP contribution in [0, 0.1) is 33.1 Å². The first-order chi connectivity index (χ1) is 17.1. The summed E-state index contributed by atoms with van der Waals surface area (Å²) < 4.78 is 11.2. The molecule has 0 amide bonds. The molecule has 36 heavy (non-hydrogen) atoms. The number of ether oxygens (including phenoxy) is 1. The zero-order valence-electron chi connectivity index (χ0n) is 22.3. The first kappa shape index (κ1) is 25.7. The van der Waals surface area contributed by atoms with Gasteiger partial charge in [-0.2, -0.15) is 0 Å². The molecule has 4 rings (SSSR count). The molecule has 0 radical (unpaired) electrons. The largest absolute Gasteiger partial charge is 0.493 e. The molecule has 0 saturated carbocycles. The topological polar surface area (TPSA) is 88.7 Å². The molecule has 7 heteroatoms. The molecule has 192 valence electrons. The third-order valence-corrected chi connectivity index (χ3v) is 7.36. The van der Waals surface area contributed by atoms with Crippen LogP contribution in [0.25, 0.3) is 11.1 Å². The molecule has 3 aromatic rings. The van der Waals surface area contributed by atoms with Crippen molar-refractivity contribution in [2.75, 3.05) is 24.6 Å². The summed E-state index contributed by atoms with van der Waals surface area (Å²) in [5, 5.41) is 13.7. The number of carboxylic acids is 1. The summed E-state index contributed by atoms with van der Waals surface area (Å²) in [4.78, 5) is 18.9. The van der Waals surface area contributed by atoms with Gasteiger partial charge in [0.25, 0.3) is 0 Å². The molecule has 1 fully saturated rings. The first-order valence-corrected chi connectivity index (χ1v) is 12.7. The fraction of sp³-hybridized carbons (Fsp3) is 0.483. The van der Waals surface area contributed by atoms with Crippen LogP contribution in [0.4, 0.5) is 5.69 Å². The number of piperidine rings is 1. The van der Waals surface area contributed by atoms with E-state index in [0.29, 0.717) is 12.0 Å². The van der Waals surface area contributed by atoms with Crippen molar-refractivity contribution in [2.24, 2.45) is 5.41 Å². The maximum atomic E-state index is 11.8. The Bertz CT molecular complexity index is 1210. The van der Waals surface area contributed by atoms with Gasteiger partial charge in [-0.05, 0) is 63.6 Å². The quantitative estimate of drug-likeness (QED) is 0.423. The van der Waals surface area contributed by atoms with Crippen molar-refractivity contribution < 1.29 is 19.2 Å². The van der Waals surface area contributed by atoms with Crippen molar-refractivity contribution in [2.45, 2.75) is 67.2 Å². The highest BCUT2D eigenvalue weighted by Gasteiger charge is 2.30. The highest BCUT2D eigenvalue weighted by molar-refractivity contribution is 5.86. The lowest BCUT2D eigenvalue weighted by atomic mass is 9.82. The molecule has 1 aliphatic heterocycles. The second kappa shape index (κ2) is 10.3. The van der Waals surface area contributed by atoms with Crippen molar-refractivity contribution >= 4 is 11.7 Å². The Balaban J connectivity index is 1.63. The monoisotopic (exact) mass is 491 g/mol.